The Morgan fingerprint density at radius 3 is 2.94 bits per heavy atom. The average Bonchev–Trinajstić information content (AvgIpc) is 2.31. The second kappa shape index (κ2) is 6.26. The molecule has 9 nitrogen and oxygen atoms in total. The first-order valence-electron chi connectivity index (χ1n) is 5.07. The number of hydrogen-bond acceptors (Lipinski definition) is 5. The Hall–Kier alpha value is -2.54. The predicted octanol–water partition coefficient (Wildman–Crippen LogP) is -0.0900. The van der Waals surface area contributed by atoms with Crippen molar-refractivity contribution < 1.29 is 9.53 Å². The van der Waals surface area contributed by atoms with Crippen LogP contribution in [0.2, 0.25) is 0 Å². The van der Waals surface area contributed by atoms with Crippen molar-refractivity contribution in [2.24, 2.45) is 5.11 Å². The number of nitrogens with one attached hydrogen (secondary N) is 1. The molecule has 0 saturated heterocycles. The van der Waals surface area contributed by atoms with Crippen LogP contribution in [0.25, 0.3) is 10.4 Å². The Bertz CT molecular complexity index is 596. The van der Waals surface area contributed by atoms with Gasteiger partial charge in [-0.2, -0.15) is 0 Å². The second-order valence-electron chi connectivity index (χ2n) is 3.24. The maximum atomic E-state index is 11.4. The van der Waals surface area contributed by atoms with Crippen molar-refractivity contribution in [3.05, 3.63) is 43.0 Å². The molecule has 0 unspecified atom stereocenters. The number of esters is 1. The van der Waals surface area contributed by atoms with E-state index in [1.807, 2.05) is 4.98 Å². The molecule has 0 aliphatic heterocycles. The van der Waals surface area contributed by atoms with Crippen LogP contribution >= 0.6 is 0 Å². The SMILES string of the molecule is CCOC(=O)Cn1cc(CN=[N+]=[N-])c(=O)[nH]c1=O. The average molecular weight is 253 g/mol. The van der Waals surface area contributed by atoms with E-state index < -0.39 is 17.2 Å². The van der Waals surface area contributed by atoms with Gasteiger partial charge in [0, 0.05) is 16.7 Å². The molecule has 18 heavy (non-hydrogen) atoms. The van der Waals surface area contributed by atoms with Crippen LogP contribution in [0, 0.1) is 0 Å². The summed E-state index contributed by atoms with van der Waals surface area (Å²) in [6.07, 6.45) is 1.17. The first kappa shape index (κ1) is 13.5. The highest BCUT2D eigenvalue weighted by Crippen LogP contribution is 1.93. The fourth-order valence-electron chi connectivity index (χ4n) is 1.24. The van der Waals surface area contributed by atoms with Gasteiger partial charge in [-0.05, 0) is 12.5 Å². The van der Waals surface area contributed by atoms with E-state index >= 15 is 0 Å². The normalized spacial score (nSPS) is 9.61. The van der Waals surface area contributed by atoms with Crippen molar-refractivity contribution in [1.82, 2.24) is 9.55 Å². The number of carbonyl (C=O) groups excluding carboxylic acids is 1. The molecule has 1 aromatic rings. The molecule has 1 rings (SSSR count). The molecule has 1 aromatic heterocycles. The largest absolute Gasteiger partial charge is 0.465 e. The first-order valence-corrected chi connectivity index (χ1v) is 5.07. The molecule has 0 spiro atoms. The summed E-state index contributed by atoms with van der Waals surface area (Å²) in [6.45, 7) is 1.32. The molecular weight excluding hydrogens is 242 g/mol. The molecule has 0 aromatic carbocycles. The quantitative estimate of drug-likeness (QED) is 0.340. The van der Waals surface area contributed by atoms with Crippen LogP contribution in [-0.4, -0.2) is 22.1 Å². The Balaban J connectivity index is 3.05. The first-order chi connectivity index (χ1) is 8.58. The maximum Gasteiger partial charge on any atom is 0.328 e. The molecule has 0 saturated carbocycles. The van der Waals surface area contributed by atoms with E-state index in [-0.39, 0.29) is 25.3 Å². The maximum absolute atomic E-state index is 11.4. The number of rotatable bonds is 5. The molecule has 0 amide bonds. The Morgan fingerprint density at radius 1 is 1.61 bits per heavy atom. The van der Waals surface area contributed by atoms with E-state index in [2.05, 4.69) is 14.8 Å². The van der Waals surface area contributed by atoms with E-state index in [9.17, 15) is 14.4 Å². The summed E-state index contributed by atoms with van der Waals surface area (Å²) in [5.74, 6) is -0.596. The summed E-state index contributed by atoms with van der Waals surface area (Å²) in [4.78, 5) is 38.5. The van der Waals surface area contributed by atoms with Gasteiger partial charge in [0.25, 0.3) is 5.56 Å². The summed E-state index contributed by atoms with van der Waals surface area (Å²) >= 11 is 0. The zero-order chi connectivity index (χ0) is 13.5. The molecule has 0 fully saturated rings. The zero-order valence-electron chi connectivity index (χ0n) is 9.62. The third-order valence-corrected chi connectivity index (χ3v) is 1.99. The van der Waals surface area contributed by atoms with Crippen molar-refractivity contribution in [2.75, 3.05) is 6.61 Å². The third-order valence-electron chi connectivity index (χ3n) is 1.99. The number of carbonyl (C=O) groups is 1. The zero-order valence-corrected chi connectivity index (χ0v) is 9.62. The number of ether oxygens (including phenoxy) is 1. The fraction of sp³-hybridized carbons (Fsp3) is 0.444. The van der Waals surface area contributed by atoms with Gasteiger partial charge in [-0.1, -0.05) is 5.11 Å². The van der Waals surface area contributed by atoms with E-state index in [4.69, 9.17) is 5.53 Å². The Labute approximate surface area is 101 Å². The monoisotopic (exact) mass is 253 g/mol. The van der Waals surface area contributed by atoms with Crippen LogP contribution in [0.5, 0.6) is 0 Å². The van der Waals surface area contributed by atoms with Gasteiger partial charge in [-0.25, -0.2) is 4.79 Å². The van der Waals surface area contributed by atoms with Gasteiger partial charge >= 0.3 is 11.7 Å². The van der Waals surface area contributed by atoms with Crippen LogP contribution < -0.4 is 11.2 Å². The molecule has 1 N–H and O–H groups in total. The van der Waals surface area contributed by atoms with Gasteiger partial charge in [0.2, 0.25) is 0 Å². The Kier molecular flexibility index (Phi) is 4.70. The summed E-state index contributed by atoms with van der Waals surface area (Å²) in [5.41, 5.74) is 6.89. The Morgan fingerprint density at radius 2 is 2.33 bits per heavy atom. The predicted molar refractivity (Wildman–Crippen MR) is 60.8 cm³/mol. The van der Waals surface area contributed by atoms with Crippen LogP contribution in [0.3, 0.4) is 0 Å². The summed E-state index contributed by atoms with van der Waals surface area (Å²) in [7, 11) is 0. The highest BCUT2D eigenvalue weighted by molar-refractivity contribution is 5.69. The number of aromatic nitrogens is 2. The number of nitrogens with zero attached hydrogens (tertiary/aromatic N) is 4. The lowest BCUT2D eigenvalue weighted by Gasteiger charge is -2.05. The minimum absolute atomic E-state index is 0.0942. The van der Waals surface area contributed by atoms with E-state index in [0.29, 0.717) is 0 Å². The highest BCUT2D eigenvalue weighted by Gasteiger charge is 2.08. The molecule has 1 heterocycles. The second-order valence-corrected chi connectivity index (χ2v) is 3.24. The van der Waals surface area contributed by atoms with Crippen LogP contribution in [-0.2, 0) is 22.6 Å². The van der Waals surface area contributed by atoms with Crippen LogP contribution in [0.15, 0.2) is 20.9 Å². The smallest absolute Gasteiger partial charge is 0.328 e. The number of hydrogen-bond donors (Lipinski definition) is 1. The van der Waals surface area contributed by atoms with Crippen LogP contribution in [0.4, 0.5) is 0 Å². The molecule has 0 aliphatic carbocycles. The molecule has 96 valence electrons. The lowest BCUT2D eigenvalue weighted by Crippen LogP contribution is -2.33. The van der Waals surface area contributed by atoms with Crippen LogP contribution in [0.1, 0.15) is 12.5 Å². The molecule has 0 aliphatic rings. The van der Waals surface area contributed by atoms with Gasteiger partial charge in [0.05, 0.1) is 13.2 Å². The number of azide groups is 1. The number of aromatic amines is 1. The van der Waals surface area contributed by atoms with Crippen molar-refractivity contribution in [1.29, 1.82) is 0 Å². The summed E-state index contributed by atoms with van der Waals surface area (Å²) in [5, 5.41) is 3.22. The minimum atomic E-state index is -0.724. The van der Waals surface area contributed by atoms with Gasteiger partial charge in [0.1, 0.15) is 6.54 Å². The van der Waals surface area contributed by atoms with Crippen molar-refractivity contribution >= 4 is 5.97 Å². The third kappa shape index (κ3) is 3.49. The van der Waals surface area contributed by atoms with Gasteiger partial charge in [0.15, 0.2) is 0 Å². The fourth-order valence-corrected chi connectivity index (χ4v) is 1.24. The number of H-pyrrole nitrogens is 1. The lowest BCUT2D eigenvalue weighted by molar-refractivity contribution is -0.143. The molecule has 0 bridgehead atoms. The lowest BCUT2D eigenvalue weighted by atomic mass is 10.3. The van der Waals surface area contributed by atoms with Gasteiger partial charge in [-0.3, -0.25) is 19.1 Å². The van der Waals surface area contributed by atoms with Gasteiger partial charge in [-0.15, -0.1) is 0 Å². The summed E-state index contributed by atoms with van der Waals surface area (Å²) in [6, 6.07) is 0. The van der Waals surface area contributed by atoms with E-state index in [1.54, 1.807) is 6.92 Å². The topological polar surface area (TPSA) is 130 Å². The minimum Gasteiger partial charge on any atom is -0.465 e. The van der Waals surface area contributed by atoms with Gasteiger partial charge < -0.3 is 4.74 Å². The van der Waals surface area contributed by atoms with E-state index in [1.165, 1.54) is 6.20 Å². The van der Waals surface area contributed by atoms with E-state index in [0.717, 1.165) is 4.57 Å². The van der Waals surface area contributed by atoms with Crippen molar-refractivity contribution in [3.63, 3.8) is 0 Å². The van der Waals surface area contributed by atoms with Crippen molar-refractivity contribution in [2.45, 2.75) is 20.0 Å². The summed E-state index contributed by atoms with van der Waals surface area (Å²) < 4.78 is 5.67. The molecule has 0 radical (unpaired) electrons. The molecular formula is C9H11N5O4. The highest BCUT2D eigenvalue weighted by atomic mass is 16.5. The molecule has 9 heteroatoms. The standard InChI is InChI=1S/C9H11N5O4/c1-2-18-7(15)5-14-4-6(3-11-13-10)8(16)12-9(14)17/h4H,2-3,5H2,1H3,(H,12,16,17). The van der Waals surface area contributed by atoms with Crippen molar-refractivity contribution in [3.8, 4) is 0 Å². The molecule has 0 atom stereocenters.